The number of hydrogen-bond acceptors (Lipinski definition) is 3. The monoisotopic (exact) mass is 350 g/mol. The molecule has 0 saturated heterocycles. The number of nitrogens with zero attached hydrogens (tertiary/aromatic N) is 2. The summed E-state index contributed by atoms with van der Waals surface area (Å²) in [4.78, 5) is 7.21. The summed E-state index contributed by atoms with van der Waals surface area (Å²) >= 11 is 0. The average molecular weight is 351 g/mol. The van der Waals surface area contributed by atoms with Crippen LogP contribution in [0.5, 0.6) is 5.75 Å². The molecule has 0 N–H and O–H groups in total. The Balaban J connectivity index is 1.98. The van der Waals surface area contributed by atoms with Gasteiger partial charge in [-0.05, 0) is 81.0 Å². The summed E-state index contributed by atoms with van der Waals surface area (Å²) in [5.74, 6) is 1.38. The molecule has 0 amide bonds. The molecular formula is C23H30N2O. The number of aryl methyl sites for hydroxylation is 1. The summed E-state index contributed by atoms with van der Waals surface area (Å²) in [5, 5.41) is 0. The summed E-state index contributed by atoms with van der Waals surface area (Å²) in [7, 11) is 1.68. The molecule has 1 atom stereocenters. The number of anilines is 1. The fraction of sp³-hybridized carbons (Fsp3) is 0.435. The molecule has 1 heterocycles. The fourth-order valence-corrected chi connectivity index (χ4v) is 4.22. The Labute approximate surface area is 157 Å². The number of fused-ring (bicyclic) bond motifs is 1. The summed E-state index contributed by atoms with van der Waals surface area (Å²) < 4.78 is 5.28. The third-order valence-electron chi connectivity index (χ3n) is 5.50. The maximum atomic E-state index is 5.28. The number of methoxy groups -OCH3 is 1. The minimum Gasteiger partial charge on any atom is -0.497 e. The van der Waals surface area contributed by atoms with Crippen molar-refractivity contribution in [2.45, 2.75) is 52.5 Å². The minimum absolute atomic E-state index is 0.198. The minimum atomic E-state index is 0.198. The van der Waals surface area contributed by atoms with Crippen LogP contribution >= 0.6 is 0 Å². The van der Waals surface area contributed by atoms with Crippen LogP contribution < -0.4 is 9.64 Å². The van der Waals surface area contributed by atoms with Crippen molar-refractivity contribution in [1.82, 2.24) is 0 Å². The molecule has 0 saturated carbocycles. The quantitative estimate of drug-likeness (QED) is 0.645. The van der Waals surface area contributed by atoms with E-state index < -0.39 is 0 Å². The zero-order valence-corrected chi connectivity index (χ0v) is 16.8. The van der Waals surface area contributed by atoms with E-state index in [1.54, 1.807) is 7.11 Å². The molecule has 2 aromatic rings. The van der Waals surface area contributed by atoms with Crippen molar-refractivity contribution in [1.29, 1.82) is 0 Å². The van der Waals surface area contributed by atoms with E-state index in [0.29, 0.717) is 5.92 Å². The Morgan fingerprint density at radius 2 is 2.04 bits per heavy atom. The number of aliphatic imine (C=N–C) groups is 1. The van der Waals surface area contributed by atoms with Gasteiger partial charge in [0.25, 0.3) is 0 Å². The van der Waals surface area contributed by atoms with Crippen LogP contribution in [0.3, 0.4) is 0 Å². The average Bonchev–Trinajstić information content (AvgIpc) is 2.60. The molecule has 1 aliphatic heterocycles. The van der Waals surface area contributed by atoms with Crippen LogP contribution in [-0.4, -0.2) is 25.4 Å². The Morgan fingerprint density at radius 1 is 1.27 bits per heavy atom. The van der Waals surface area contributed by atoms with Gasteiger partial charge in [0, 0.05) is 30.1 Å². The van der Waals surface area contributed by atoms with Gasteiger partial charge in [0.2, 0.25) is 0 Å². The number of hydrogen-bond donors (Lipinski definition) is 0. The van der Waals surface area contributed by atoms with Gasteiger partial charge in [-0.25, -0.2) is 0 Å². The Morgan fingerprint density at radius 3 is 2.73 bits per heavy atom. The van der Waals surface area contributed by atoms with Crippen molar-refractivity contribution in [3.8, 4) is 5.75 Å². The molecule has 3 nitrogen and oxygen atoms in total. The lowest BCUT2D eigenvalue weighted by Gasteiger charge is -2.47. The third kappa shape index (κ3) is 3.48. The Kier molecular flexibility index (Phi) is 5.08. The highest BCUT2D eigenvalue weighted by atomic mass is 16.5. The molecule has 0 fully saturated rings. The molecule has 0 aromatic heterocycles. The second-order valence-corrected chi connectivity index (χ2v) is 7.89. The maximum absolute atomic E-state index is 5.28. The van der Waals surface area contributed by atoms with Gasteiger partial charge in [0.15, 0.2) is 0 Å². The molecule has 0 spiro atoms. The molecule has 138 valence electrons. The standard InChI is InChI=1S/C23H30N2O/c1-7-25-22-11-16(2)18(12-21(22)17(3)14-23(25,4)5)15-24-19-9-8-10-20(13-19)26-6/h8-13,15,17H,7,14H2,1-6H3. The first-order valence-electron chi connectivity index (χ1n) is 9.46. The number of ether oxygens (including phenoxy) is 1. The first-order chi connectivity index (χ1) is 12.4. The SMILES string of the molecule is CCN1c2cc(C)c(C=Nc3cccc(OC)c3)cc2C(C)CC1(C)C. The second kappa shape index (κ2) is 7.14. The van der Waals surface area contributed by atoms with Gasteiger partial charge in [0.1, 0.15) is 5.75 Å². The van der Waals surface area contributed by atoms with E-state index in [0.717, 1.165) is 18.0 Å². The molecule has 3 rings (SSSR count). The van der Waals surface area contributed by atoms with Crippen LogP contribution in [0, 0.1) is 6.92 Å². The zero-order chi connectivity index (χ0) is 18.9. The van der Waals surface area contributed by atoms with Gasteiger partial charge >= 0.3 is 0 Å². The Bertz CT molecular complexity index is 823. The van der Waals surface area contributed by atoms with Crippen LogP contribution in [0.1, 0.15) is 56.7 Å². The first-order valence-corrected chi connectivity index (χ1v) is 9.46. The highest BCUT2D eigenvalue weighted by Crippen LogP contribution is 2.44. The topological polar surface area (TPSA) is 24.8 Å². The lowest BCUT2D eigenvalue weighted by molar-refractivity contribution is 0.381. The fourth-order valence-electron chi connectivity index (χ4n) is 4.22. The highest BCUT2D eigenvalue weighted by molar-refractivity contribution is 5.86. The van der Waals surface area contributed by atoms with E-state index in [-0.39, 0.29) is 5.54 Å². The van der Waals surface area contributed by atoms with Crippen molar-refractivity contribution in [2.24, 2.45) is 4.99 Å². The molecule has 1 unspecified atom stereocenters. The van der Waals surface area contributed by atoms with Crippen LogP contribution in [0.2, 0.25) is 0 Å². The largest absolute Gasteiger partial charge is 0.497 e. The predicted molar refractivity (Wildman–Crippen MR) is 112 cm³/mol. The van der Waals surface area contributed by atoms with Gasteiger partial charge in [-0.15, -0.1) is 0 Å². The number of benzene rings is 2. The van der Waals surface area contributed by atoms with Crippen LogP contribution in [0.15, 0.2) is 41.4 Å². The number of rotatable bonds is 4. The lowest BCUT2D eigenvalue weighted by atomic mass is 9.79. The van der Waals surface area contributed by atoms with Gasteiger partial charge in [-0.2, -0.15) is 0 Å². The van der Waals surface area contributed by atoms with Gasteiger partial charge in [-0.1, -0.05) is 13.0 Å². The van der Waals surface area contributed by atoms with Crippen molar-refractivity contribution in [2.75, 3.05) is 18.6 Å². The molecule has 3 heteroatoms. The summed E-state index contributed by atoms with van der Waals surface area (Å²) in [5.41, 5.74) is 6.37. The molecule has 1 aliphatic rings. The third-order valence-corrected chi connectivity index (χ3v) is 5.50. The molecular weight excluding hydrogens is 320 g/mol. The first kappa shape index (κ1) is 18.5. The molecule has 2 aromatic carbocycles. The molecule has 0 aliphatic carbocycles. The van der Waals surface area contributed by atoms with Gasteiger partial charge < -0.3 is 9.64 Å². The smallest absolute Gasteiger partial charge is 0.121 e. The highest BCUT2D eigenvalue weighted by Gasteiger charge is 2.35. The lowest BCUT2D eigenvalue weighted by Crippen LogP contribution is -2.48. The predicted octanol–water partition coefficient (Wildman–Crippen LogP) is 5.87. The van der Waals surface area contributed by atoms with Crippen molar-refractivity contribution in [3.05, 3.63) is 53.1 Å². The van der Waals surface area contributed by atoms with Crippen molar-refractivity contribution >= 4 is 17.6 Å². The van der Waals surface area contributed by atoms with Gasteiger partial charge in [-0.3, -0.25) is 4.99 Å². The van der Waals surface area contributed by atoms with E-state index in [1.165, 1.54) is 28.8 Å². The van der Waals surface area contributed by atoms with Crippen molar-refractivity contribution < 1.29 is 4.74 Å². The normalized spacial score (nSPS) is 18.8. The van der Waals surface area contributed by atoms with E-state index in [4.69, 9.17) is 4.74 Å². The summed E-state index contributed by atoms with van der Waals surface area (Å²) in [6, 6.07) is 12.5. The zero-order valence-electron chi connectivity index (χ0n) is 16.8. The second-order valence-electron chi connectivity index (χ2n) is 7.89. The summed E-state index contributed by atoms with van der Waals surface area (Å²) in [6.07, 6.45) is 3.15. The summed E-state index contributed by atoms with van der Waals surface area (Å²) in [6.45, 7) is 12.5. The van der Waals surface area contributed by atoms with E-state index >= 15 is 0 Å². The maximum Gasteiger partial charge on any atom is 0.121 e. The van der Waals surface area contributed by atoms with E-state index in [9.17, 15) is 0 Å². The molecule has 0 radical (unpaired) electrons. The van der Waals surface area contributed by atoms with Crippen LogP contribution in [0.4, 0.5) is 11.4 Å². The van der Waals surface area contributed by atoms with Crippen LogP contribution in [-0.2, 0) is 0 Å². The van der Waals surface area contributed by atoms with E-state index in [1.807, 2.05) is 30.5 Å². The van der Waals surface area contributed by atoms with Gasteiger partial charge in [0.05, 0.1) is 12.8 Å². The molecule has 26 heavy (non-hydrogen) atoms. The molecule has 0 bridgehead atoms. The van der Waals surface area contributed by atoms with Crippen LogP contribution in [0.25, 0.3) is 0 Å². The Hall–Kier alpha value is -2.29. The van der Waals surface area contributed by atoms with Crippen molar-refractivity contribution in [3.63, 3.8) is 0 Å². The van der Waals surface area contributed by atoms with E-state index in [2.05, 4.69) is 56.6 Å².